The molecule has 1 aromatic rings. The molecule has 4 atom stereocenters. The Morgan fingerprint density at radius 3 is 2.55 bits per heavy atom. The molecule has 9 N–H and O–H groups in total. The third kappa shape index (κ3) is 7.25. The van der Waals surface area contributed by atoms with Crippen molar-refractivity contribution in [2.75, 3.05) is 13.2 Å². The number of nitrogens with one attached hydrogen (secondary N) is 3. The first-order valence-corrected chi connectivity index (χ1v) is 10.4. The van der Waals surface area contributed by atoms with Gasteiger partial charge in [-0.1, -0.05) is 0 Å². The number of aliphatic carboxylic acids is 1. The molecule has 0 radical (unpaired) electrons. The van der Waals surface area contributed by atoms with E-state index in [1.54, 1.807) is 0 Å². The van der Waals surface area contributed by atoms with Gasteiger partial charge in [-0.2, -0.15) is 0 Å². The van der Waals surface area contributed by atoms with Crippen molar-refractivity contribution in [3.63, 3.8) is 0 Å². The molecule has 1 saturated heterocycles. The van der Waals surface area contributed by atoms with E-state index in [9.17, 15) is 34.2 Å². The Morgan fingerprint density at radius 2 is 1.97 bits per heavy atom. The fourth-order valence-electron chi connectivity index (χ4n) is 3.49. The Morgan fingerprint density at radius 1 is 1.24 bits per heavy atom. The lowest BCUT2D eigenvalue weighted by atomic mass is 10.1. The van der Waals surface area contributed by atoms with Gasteiger partial charge in [-0.15, -0.1) is 0 Å². The Kier molecular flexibility index (Phi) is 9.30. The van der Waals surface area contributed by atoms with Gasteiger partial charge in [-0.05, 0) is 19.3 Å². The molecular weight excluding hydrogens is 438 g/mol. The predicted octanol–water partition coefficient (Wildman–Crippen LogP) is -3.42. The number of likely N-dealkylation sites (tertiary alicyclic amines) is 1. The summed E-state index contributed by atoms with van der Waals surface area (Å²) in [7, 11) is 0. The summed E-state index contributed by atoms with van der Waals surface area (Å²) in [5.74, 6) is -4.01. The highest BCUT2D eigenvalue weighted by atomic mass is 16.4. The Balaban J connectivity index is 1.98. The van der Waals surface area contributed by atoms with Crippen LogP contribution in [0.15, 0.2) is 12.5 Å². The lowest BCUT2D eigenvalue weighted by Gasteiger charge is -2.28. The molecule has 1 aliphatic rings. The monoisotopic (exact) mass is 467 g/mol. The van der Waals surface area contributed by atoms with Gasteiger partial charge < -0.3 is 42.2 Å². The van der Waals surface area contributed by atoms with Crippen LogP contribution in [-0.2, 0) is 30.4 Å². The van der Waals surface area contributed by atoms with Crippen LogP contribution in [0.5, 0.6) is 0 Å². The lowest BCUT2D eigenvalue weighted by Crippen LogP contribution is -2.57. The van der Waals surface area contributed by atoms with Gasteiger partial charge in [-0.25, -0.2) is 9.78 Å². The number of carboxylic acids is 1. The lowest BCUT2D eigenvalue weighted by molar-refractivity contribution is -0.143. The Bertz CT molecular complexity index is 861. The van der Waals surface area contributed by atoms with Gasteiger partial charge in [0.25, 0.3) is 0 Å². The van der Waals surface area contributed by atoms with Gasteiger partial charge >= 0.3 is 5.97 Å². The molecule has 0 aliphatic carbocycles. The van der Waals surface area contributed by atoms with E-state index >= 15 is 0 Å². The number of hydrogen-bond donors (Lipinski definition) is 7. The van der Waals surface area contributed by atoms with Crippen LogP contribution in [0.1, 0.15) is 31.4 Å². The number of rotatable bonds is 12. The number of nitrogens with two attached hydrogens (primary N) is 2. The second-order valence-electron chi connectivity index (χ2n) is 7.73. The maximum Gasteiger partial charge on any atom is 0.326 e. The minimum Gasteiger partial charge on any atom is -0.480 e. The molecule has 0 spiro atoms. The van der Waals surface area contributed by atoms with E-state index in [1.165, 1.54) is 17.4 Å². The number of imidazole rings is 1. The fraction of sp³-hybridized carbons (Fsp3) is 0.579. The molecular formula is C19H29N7O7. The second-order valence-corrected chi connectivity index (χ2v) is 7.73. The molecule has 4 amide bonds. The van der Waals surface area contributed by atoms with E-state index in [-0.39, 0.29) is 25.8 Å². The number of carbonyl (C=O) groups is 5. The summed E-state index contributed by atoms with van der Waals surface area (Å²) in [5.41, 5.74) is 11.4. The number of aromatic nitrogens is 2. The molecule has 14 heteroatoms. The number of aromatic amines is 1. The molecule has 0 saturated carbocycles. The molecule has 2 heterocycles. The molecule has 1 fully saturated rings. The van der Waals surface area contributed by atoms with Gasteiger partial charge in [0.15, 0.2) is 0 Å². The second kappa shape index (κ2) is 11.9. The average Bonchev–Trinajstić information content (AvgIpc) is 3.46. The van der Waals surface area contributed by atoms with Gasteiger partial charge in [0, 0.05) is 31.3 Å². The van der Waals surface area contributed by atoms with Crippen molar-refractivity contribution in [3.8, 4) is 0 Å². The van der Waals surface area contributed by atoms with E-state index in [2.05, 4.69) is 20.6 Å². The maximum atomic E-state index is 12.8. The number of primary amides is 1. The zero-order valence-corrected chi connectivity index (χ0v) is 17.9. The summed E-state index contributed by atoms with van der Waals surface area (Å²) in [4.78, 5) is 68.1. The number of hydrogen-bond acceptors (Lipinski definition) is 8. The summed E-state index contributed by atoms with van der Waals surface area (Å²) in [6.45, 7) is -0.519. The predicted molar refractivity (Wildman–Crippen MR) is 112 cm³/mol. The summed E-state index contributed by atoms with van der Waals surface area (Å²) in [6.07, 6.45) is 3.49. The van der Waals surface area contributed by atoms with E-state index in [0.29, 0.717) is 18.5 Å². The Labute approximate surface area is 189 Å². The van der Waals surface area contributed by atoms with Crippen LogP contribution >= 0.6 is 0 Å². The van der Waals surface area contributed by atoms with Crippen molar-refractivity contribution in [1.82, 2.24) is 25.5 Å². The number of aliphatic hydroxyl groups excluding tert-OH is 1. The third-order valence-electron chi connectivity index (χ3n) is 5.27. The van der Waals surface area contributed by atoms with Crippen molar-refractivity contribution >= 4 is 29.6 Å². The van der Waals surface area contributed by atoms with Crippen molar-refractivity contribution in [1.29, 1.82) is 0 Å². The summed E-state index contributed by atoms with van der Waals surface area (Å²) >= 11 is 0. The first kappa shape index (κ1) is 25.7. The highest BCUT2D eigenvalue weighted by Gasteiger charge is 2.37. The zero-order chi connectivity index (χ0) is 24.5. The van der Waals surface area contributed by atoms with Crippen LogP contribution in [0.3, 0.4) is 0 Å². The smallest absolute Gasteiger partial charge is 0.326 e. The summed E-state index contributed by atoms with van der Waals surface area (Å²) < 4.78 is 0. The molecule has 14 nitrogen and oxygen atoms in total. The normalized spacial score (nSPS) is 18.2. The molecule has 2 rings (SSSR count). The van der Waals surface area contributed by atoms with Crippen molar-refractivity contribution in [2.45, 2.75) is 56.3 Å². The minimum atomic E-state index is -1.43. The van der Waals surface area contributed by atoms with Crippen LogP contribution in [0.2, 0.25) is 0 Å². The minimum absolute atomic E-state index is 0.0353. The van der Waals surface area contributed by atoms with Crippen LogP contribution in [0.25, 0.3) is 0 Å². The van der Waals surface area contributed by atoms with Gasteiger partial charge in [0.2, 0.25) is 23.6 Å². The Hall–Kier alpha value is -3.52. The van der Waals surface area contributed by atoms with Crippen molar-refractivity contribution < 1.29 is 34.2 Å². The third-order valence-corrected chi connectivity index (χ3v) is 5.27. The van der Waals surface area contributed by atoms with Gasteiger partial charge in [-0.3, -0.25) is 19.2 Å². The van der Waals surface area contributed by atoms with E-state index in [1.807, 2.05) is 0 Å². The zero-order valence-electron chi connectivity index (χ0n) is 17.9. The number of H-pyrrole nitrogens is 1. The number of aliphatic hydroxyl groups is 1. The van der Waals surface area contributed by atoms with E-state index in [4.69, 9.17) is 11.5 Å². The highest BCUT2D eigenvalue weighted by molar-refractivity contribution is 5.94. The van der Waals surface area contributed by atoms with Crippen LogP contribution < -0.4 is 22.1 Å². The molecule has 33 heavy (non-hydrogen) atoms. The summed E-state index contributed by atoms with van der Waals surface area (Å²) in [6, 6.07) is -4.68. The molecule has 4 unspecified atom stereocenters. The quantitative estimate of drug-likeness (QED) is 0.162. The summed E-state index contributed by atoms with van der Waals surface area (Å²) in [5, 5.41) is 23.6. The van der Waals surface area contributed by atoms with Crippen molar-refractivity contribution in [3.05, 3.63) is 18.2 Å². The van der Waals surface area contributed by atoms with Crippen LogP contribution in [-0.4, -0.2) is 92.0 Å². The number of carboxylic acid groups (broad SMARTS) is 1. The molecule has 0 bridgehead atoms. The molecule has 182 valence electrons. The maximum absolute atomic E-state index is 12.8. The van der Waals surface area contributed by atoms with Crippen LogP contribution in [0.4, 0.5) is 0 Å². The standard InChI is InChI=1S/C19H29N7O7/c20-11(3-4-15(21)28)18(31)26-5-1-2-14(26)17(30)25-13(8-27)16(29)24-12(19(32)33)6-10-7-22-9-23-10/h7,9,11-14,27H,1-6,8,20H2,(H2,21,28)(H,22,23)(H,24,29)(H,25,30)(H,32,33). The molecule has 1 aromatic heterocycles. The first-order valence-electron chi connectivity index (χ1n) is 10.4. The van der Waals surface area contributed by atoms with E-state index in [0.717, 1.165) is 0 Å². The highest BCUT2D eigenvalue weighted by Crippen LogP contribution is 2.19. The van der Waals surface area contributed by atoms with Crippen molar-refractivity contribution in [2.24, 2.45) is 11.5 Å². The van der Waals surface area contributed by atoms with Gasteiger partial charge in [0.05, 0.1) is 19.0 Å². The SMILES string of the molecule is NC(=O)CCC(N)C(=O)N1CCCC1C(=O)NC(CO)C(=O)NC(Cc1cnc[nH]1)C(=O)O. The molecule has 0 aromatic carbocycles. The first-order chi connectivity index (χ1) is 15.6. The number of nitrogens with zero attached hydrogens (tertiary/aromatic N) is 2. The number of carbonyl (C=O) groups excluding carboxylic acids is 4. The van der Waals surface area contributed by atoms with Gasteiger partial charge in [0.1, 0.15) is 18.1 Å². The number of amides is 4. The largest absolute Gasteiger partial charge is 0.480 e. The molecule has 1 aliphatic heterocycles. The average molecular weight is 467 g/mol. The van der Waals surface area contributed by atoms with E-state index < -0.39 is 60.4 Å². The fourth-order valence-corrected chi connectivity index (χ4v) is 3.49. The topological polar surface area (TPSA) is 234 Å². The van der Waals surface area contributed by atoms with Crippen LogP contribution in [0, 0.1) is 0 Å².